The number of rotatable bonds is 0. The number of nitriles is 1. The van der Waals surface area contributed by atoms with E-state index in [0.29, 0.717) is 5.41 Å². The molecule has 2 nitrogen and oxygen atoms in total. The molecule has 1 heterocycles. The van der Waals surface area contributed by atoms with Gasteiger partial charge in [0, 0.05) is 17.6 Å². The summed E-state index contributed by atoms with van der Waals surface area (Å²) in [5.41, 5.74) is 3.79. The van der Waals surface area contributed by atoms with Crippen LogP contribution >= 0.6 is 0 Å². The van der Waals surface area contributed by atoms with Crippen LogP contribution in [0.15, 0.2) is 18.2 Å². The largest absolute Gasteiger partial charge is 0.384 e. The number of nitrogens with one attached hydrogen (secondary N) is 1. The molecule has 0 saturated heterocycles. The number of hydrogen-bond acceptors (Lipinski definition) is 2. The van der Waals surface area contributed by atoms with Crippen LogP contribution in [-0.2, 0) is 5.41 Å². The molecule has 1 aromatic rings. The van der Waals surface area contributed by atoms with Crippen LogP contribution in [0.3, 0.4) is 0 Å². The Kier molecular flexibility index (Phi) is 1.10. The minimum Gasteiger partial charge on any atom is -0.384 e. The molecule has 1 aromatic carbocycles. The Morgan fingerprint density at radius 1 is 1.38 bits per heavy atom. The summed E-state index contributed by atoms with van der Waals surface area (Å²) in [5, 5.41) is 12.2. The topological polar surface area (TPSA) is 35.8 Å². The van der Waals surface area contributed by atoms with Crippen LogP contribution in [0.2, 0.25) is 0 Å². The van der Waals surface area contributed by atoms with E-state index < -0.39 is 0 Å². The van der Waals surface area contributed by atoms with Crippen molar-refractivity contribution < 1.29 is 0 Å². The molecule has 2 heteroatoms. The highest BCUT2D eigenvalue weighted by atomic mass is 15.0. The molecule has 0 amide bonds. The van der Waals surface area contributed by atoms with Crippen LogP contribution in [0.25, 0.3) is 0 Å². The lowest BCUT2D eigenvalue weighted by molar-refractivity contribution is 0.777. The van der Waals surface area contributed by atoms with Crippen molar-refractivity contribution in [1.82, 2.24) is 0 Å². The molecule has 1 aliphatic carbocycles. The van der Waals surface area contributed by atoms with Crippen LogP contribution < -0.4 is 5.32 Å². The van der Waals surface area contributed by atoms with E-state index in [0.717, 1.165) is 12.1 Å². The minimum absolute atomic E-state index is 0.405. The first-order chi connectivity index (χ1) is 6.34. The zero-order chi connectivity index (χ0) is 8.89. The second kappa shape index (κ2) is 2.05. The Bertz CT molecular complexity index is 411. The highest BCUT2D eigenvalue weighted by Gasteiger charge is 2.48. The van der Waals surface area contributed by atoms with Gasteiger partial charge in [0.2, 0.25) is 0 Å². The van der Waals surface area contributed by atoms with E-state index in [1.807, 2.05) is 18.2 Å². The summed E-state index contributed by atoms with van der Waals surface area (Å²) >= 11 is 0. The molecule has 0 bridgehead atoms. The molecule has 64 valence electrons. The lowest BCUT2D eigenvalue weighted by atomic mass is 9.97. The molecule has 1 N–H and O–H groups in total. The van der Waals surface area contributed by atoms with Crippen molar-refractivity contribution in [3.05, 3.63) is 29.3 Å². The first-order valence-corrected chi connectivity index (χ1v) is 4.63. The highest BCUT2D eigenvalue weighted by molar-refractivity contribution is 5.64. The summed E-state index contributed by atoms with van der Waals surface area (Å²) in [7, 11) is 0. The van der Waals surface area contributed by atoms with Crippen molar-refractivity contribution in [3.63, 3.8) is 0 Å². The lowest BCUT2D eigenvalue weighted by Crippen LogP contribution is -2.08. The van der Waals surface area contributed by atoms with E-state index in [1.165, 1.54) is 24.1 Å². The smallest absolute Gasteiger partial charge is 0.0991 e. The fourth-order valence-electron chi connectivity index (χ4n) is 2.16. The number of anilines is 1. The van der Waals surface area contributed by atoms with Crippen LogP contribution in [-0.4, -0.2) is 6.54 Å². The predicted molar refractivity (Wildman–Crippen MR) is 50.6 cm³/mol. The van der Waals surface area contributed by atoms with Gasteiger partial charge < -0.3 is 5.32 Å². The van der Waals surface area contributed by atoms with Gasteiger partial charge >= 0.3 is 0 Å². The standard InChI is InChI=1S/C11H10N2/c12-6-8-1-2-10-9(5-8)11(3-4-11)7-13-10/h1-2,5,13H,3-4,7H2. The third-order valence-corrected chi connectivity index (χ3v) is 3.19. The second-order valence-corrected chi connectivity index (χ2v) is 4.01. The summed E-state index contributed by atoms with van der Waals surface area (Å²) in [4.78, 5) is 0. The lowest BCUT2D eigenvalue weighted by Gasteiger charge is -2.04. The molecule has 3 rings (SSSR count). The average Bonchev–Trinajstić information content (AvgIpc) is 2.86. The third-order valence-electron chi connectivity index (χ3n) is 3.19. The quantitative estimate of drug-likeness (QED) is 0.646. The van der Waals surface area contributed by atoms with Gasteiger partial charge in [-0.05, 0) is 36.6 Å². The van der Waals surface area contributed by atoms with Crippen molar-refractivity contribution >= 4 is 5.69 Å². The highest BCUT2D eigenvalue weighted by Crippen LogP contribution is 2.54. The Labute approximate surface area is 77.2 Å². The van der Waals surface area contributed by atoms with Crippen LogP contribution in [0.1, 0.15) is 24.0 Å². The van der Waals surface area contributed by atoms with Gasteiger partial charge in [-0.3, -0.25) is 0 Å². The van der Waals surface area contributed by atoms with Gasteiger partial charge in [-0.2, -0.15) is 5.26 Å². The number of nitrogens with zero attached hydrogens (tertiary/aromatic N) is 1. The van der Waals surface area contributed by atoms with E-state index >= 15 is 0 Å². The van der Waals surface area contributed by atoms with Gasteiger partial charge in [-0.15, -0.1) is 0 Å². The second-order valence-electron chi connectivity index (χ2n) is 4.01. The van der Waals surface area contributed by atoms with Crippen LogP contribution in [0, 0.1) is 11.3 Å². The summed E-state index contributed by atoms with van der Waals surface area (Å²) in [5.74, 6) is 0. The van der Waals surface area contributed by atoms with E-state index in [2.05, 4.69) is 11.4 Å². The molecule has 0 radical (unpaired) electrons. The van der Waals surface area contributed by atoms with Crippen molar-refractivity contribution in [2.75, 3.05) is 11.9 Å². The molecule has 1 fully saturated rings. The molecular formula is C11H10N2. The van der Waals surface area contributed by atoms with Gasteiger partial charge in [0.05, 0.1) is 11.6 Å². The van der Waals surface area contributed by atoms with Gasteiger partial charge in [-0.1, -0.05) is 0 Å². The molecule has 1 aliphatic heterocycles. The maximum atomic E-state index is 8.79. The summed E-state index contributed by atoms with van der Waals surface area (Å²) < 4.78 is 0. The predicted octanol–water partition coefficient (Wildman–Crippen LogP) is 2.02. The van der Waals surface area contributed by atoms with Gasteiger partial charge in [0.25, 0.3) is 0 Å². The fourth-order valence-corrected chi connectivity index (χ4v) is 2.16. The Balaban J connectivity index is 2.18. The summed E-state index contributed by atoms with van der Waals surface area (Å²) in [6, 6.07) is 8.15. The van der Waals surface area contributed by atoms with Gasteiger partial charge in [-0.25, -0.2) is 0 Å². The number of fused-ring (bicyclic) bond motifs is 2. The van der Waals surface area contributed by atoms with Crippen LogP contribution in [0.4, 0.5) is 5.69 Å². The van der Waals surface area contributed by atoms with Crippen molar-refractivity contribution in [2.24, 2.45) is 0 Å². The maximum Gasteiger partial charge on any atom is 0.0991 e. The van der Waals surface area contributed by atoms with Crippen LogP contribution in [0.5, 0.6) is 0 Å². The monoisotopic (exact) mass is 170 g/mol. The molecule has 1 spiro atoms. The molecule has 2 aliphatic rings. The Morgan fingerprint density at radius 3 is 2.92 bits per heavy atom. The fraction of sp³-hybridized carbons (Fsp3) is 0.364. The maximum absolute atomic E-state index is 8.79. The normalized spacial score (nSPS) is 20.5. The van der Waals surface area contributed by atoms with E-state index in [1.54, 1.807) is 0 Å². The Morgan fingerprint density at radius 2 is 2.23 bits per heavy atom. The Hall–Kier alpha value is -1.49. The molecular weight excluding hydrogens is 160 g/mol. The zero-order valence-electron chi connectivity index (χ0n) is 7.30. The summed E-state index contributed by atoms with van der Waals surface area (Å²) in [6.45, 7) is 1.07. The first kappa shape index (κ1) is 6.97. The van der Waals surface area contributed by atoms with Crippen molar-refractivity contribution in [2.45, 2.75) is 18.3 Å². The van der Waals surface area contributed by atoms with E-state index in [9.17, 15) is 0 Å². The SMILES string of the molecule is N#Cc1ccc2c(c1)C1(CC1)CN2. The average molecular weight is 170 g/mol. The number of hydrogen-bond donors (Lipinski definition) is 1. The third kappa shape index (κ3) is 0.818. The van der Waals surface area contributed by atoms with E-state index in [4.69, 9.17) is 5.26 Å². The molecule has 0 unspecified atom stereocenters. The minimum atomic E-state index is 0.405. The number of benzene rings is 1. The molecule has 0 atom stereocenters. The van der Waals surface area contributed by atoms with Crippen molar-refractivity contribution in [3.8, 4) is 6.07 Å². The molecule has 1 saturated carbocycles. The summed E-state index contributed by atoms with van der Waals surface area (Å²) in [6.07, 6.45) is 2.56. The van der Waals surface area contributed by atoms with Gasteiger partial charge in [0.15, 0.2) is 0 Å². The van der Waals surface area contributed by atoms with E-state index in [-0.39, 0.29) is 0 Å². The molecule has 0 aromatic heterocycles. The first-order valence-electron chi connectivity index (χ1n) is 4.63. The molecule has 13 heavy (non-hydrogen) atoms. The zero-order valence-corrected chi connectivity index (χ0v) is 7.30. The van der Waals surface area contributed by atoms with Crippen molar-refractivity contribution in [1.29, 1.82) is 5.26 Å². The van der Waals surface area contributed by atoms with Gasteiger partial charge in [0.1, 0.15) is 0 Å².